The third kappa shape index (κ3) is 3.78. The van der Waals surface area contributed by atoms with Crippen molar-refractivity contribution in [3.63, 3.8) is 0 Å². The van der Waals surface area contributed by atoms with Gasteiger partial charge in [-0.1, -0.05) is 30.7 Å². The van der Waals surface area contributed by atoms with Gasteiger partial charge in [0, 0.05) is 32.0 Å². The monoisotopic (exact) mass is 496 g/mol. The maximum Gasteiger partial charge on any atom is 0.360 e. The van der Waals surface area contributed by atoms with E-state index < -0.39 is 13.2 Å². The van der Waals surface area contributed by atoms with Gasteiger partial charge in [0.05, 0.1) is 10.9 Å². The molecule has 0 radical (unpaired) electrons. The van der Waals surface area contributed by atoms with Crippen LogP contribution >= 0.6 is 7.60 Å². The van der Waals surface area contributed by atoms with Crippen molar-refractivity contribution >= 4 is 18.7 Å². The second-order valence-corrected chi connectivity index (χ2v) is 13.3. The molecule has 0 aliphatic heterocycles. The quantitative estimate of drug-likeness (QED) is 0.386. The Bertz CT molecular complexity index is 1140. The minimum absolute atomic E-state index is 0.140. The van der Waals surface area contributed by atoms with Crippen molar-refractivity contribution in [1.82, 2.24) is 0 Å². The van der Waals surface area contributed by atoms with E-state index in [1.165, 1.54) is 30.9 Å². The van der Waals surface area contributed by atoms with E-state index in [1.54, 1.807) is 0 Å². The molecule has 0 bridgehead atoms. The van der Waals surface area contributed by atoms with Crippen LogP contribution in [0.2, 0.25) is 0 Å². The van der Waals surface area contributed by atoms with Crippen LogP contribution in [-0.4, -0.2) is 30.7 Å². The van der Waals surface area contributed by atoms with Crippen LogP contribution in [0.4, 0.5) is 0 Å². The molecule has 1 N–H and O–H groups in total. The van der Waals surface area contributed by atoms with Gasteiger partial charge in [-0.25, -0.2) is 0 Å². The number of hydrogen-bond acceptors (Lipinski definition) is 5. The normalized spacial score (nSPS) is 34.7. The largest absolute Gasteiger partial charge is 0.389 e. The molecule has 5 atom stereocenters. The predicted octanol–water partition coefficient (Wildman–Crippen LogP) is 6.00. The summed E-state index contributed by atoms with van der Waals surface area (Å²) in [6.07, 6.45) is 10.4. The first-order valence-corrected chi connectivity index (χ1v) is 14.4. The van der Waals surface area contributed by atoms with Crippen molar-refractivity contribution in [2.24, 2.45) is 17.3 Å². The number of fused-ring (bicyclic) bond motifs is 4. The first-order chi connectivity index (χ1) is 16.7. The van der Waals surface area contributed by atoms with Gasteiger partial charge in [0.25, 0.3) is 0 Å². The zero-order valence-corrected chi connectivity index (χ0v) is 22.0. The van der Waals surface area contributed by atoms with Gasteiger partial charge < -0.3 is 14.2 Å². The summed E-state index contributed by atoms with van der Waals surface area (Å²) in [7, 11) is -0.522. The SMILES string of the molecule is C=CC[C@]1(O)CC[C@H]2[C@@H]3CCC4=CC(=O)CCC4=C3[C@@H](c3ccc(P(=O)(OC)OC)cc3)C[C@@]21C. The maximum atomic E-state index is 12.9. The third-order valence-electron chi connectivity index (χ3n) is 9.63. The van der Waals surface area contributed by atoms with Crippen molar-refractivity contribution in [1.29, 1.82) is 0 Å². The van der Waals surface area contributed by atoms with Crippen molar-refractivity contribution in [2.45, 2.75) is 69.8 Å². The van der Waals surface area contributed by atoms with Crippen LogP contribution in [-0.2, 0) is 18.4 Å². The van der Waals surface area contributed by atoms with Crippen LogP contribution in [0.15, 0.2) is 59.7 Å². The van der Waals surface area contributed by atoms with E-state index >= 15 is 0 Å². The van der Waals surface area contributed by atoms with Gasteiger partial charge in [-0.3, -0.25) is 9.36 Å². The van der Waals surface area contributed by atoms with E-state index in [-0.39, 0.29) is 17.1 Å². The Balaban J connectivity index is 1.64. The van der Waals surface area contributed by atoms with Crippen LogP contribution < -0.4 is 5.30 Å². The molecular weight excluding hydrogens is 459 g/mol. The van der Waals surface area contributed by atoms with Crippen molar-refractivity contribution in [3.05, 3.63) is 65.3 Å². The lowest BCUT2D eigenvalue weighted by Gasteiger charge is -2.55. The van der Waals surface area contributed by atoms with Crippen molar-refractivity contribution in [2.75, 3.05) is 14.2 Å². The van der Waals surface area contributed by atoms with E-state index in [1.807, 2.05) is 36.4 Å². The molecule has 35 heavy (non-hydrogen) atoms. The topological polar surface area (TPSA) is 72.8 Å². The number of carbonyl (C=O) groups excluding carboxylic acids is 1. The second kappa shape index (κ2) is 8.95. The fraction of sp³-hybridized carbons (Fsp3) is 0.552. The second-order valence-electron chi connectivity index (χ2n) is 11.0. The van der Waals surface area contributed by atoms with Crippen molar-refractivity contribution in [3.8, 4) is 0 Å². The lowest BCUT2D eigenvalue weighted by Crippen LogP contribution is -2.51. The Morgan fingerprint density at radius 3 is 2.51 bits per heavy atom. The first-order valence-electron chi connectivity index (χ1n) is 12.8. The highest BCUT2D eigenvalue weighted by atomic mass is 31.2. The number of ketones is 1. The van der Waals surface area contributed by atoms with Crippen LogP contribution in [0.5, 0.6) is 0 Å². The van der Waals surface area contributed by atoms with Gasteiger partial charge in [-0.05, 0) is 91.7 Å². The maximum absolute atomic E-state index is 12.9. The van der Waals surface area contributed by atoms with Crippen LogP contribution in [0.1, 0.15) is 69.8 Å². The molecule has 1 aromatic carbocycles. The number of allylic oxidation sites excluding steroid dienone is 4. The molecule has 0 amide bonds. The number of aliphatic hydroxyl groups is 1. The molecule has 188 valence electrons. The Morgan fingerprint density at radius 1 is 1.14 bits per heavy atom. The van der Waals surface area contributed by atoms with Crippen molar-refractivity contribution < 1.29 is 23.5 Å². The molecule has 5 rings (SSSR count). The number of carbonyl (C=O) groups is 1. The molecule has 0 saturated heterocycles. The van der Waals surface area contributed by atoms with E-state index in [0.29, 0.717) is 30.0 Å². The summed E-state index contributed by atoms with van der Waals surface area (Å²) in [5.74, 6) is 1.20. The number of rotatable bonds is 6. The van der Waals surface area contributed by atoms with Gasteiger partial charge >= 0.3 is 7.60 Å². The summed E-state index contributed by atoms with van der Waals surface area (Å²) < 4.78 is 23.3. The fourth-order valence-electron chi connectivity index (χ4n) is 7.80. The zero-order chi connectivity index (χ0) is 25.0. The van der Waals surface area contributed by atoms with Gasteiger partial charge in [0.1, 0.15) is 0 Å². The molecular formula is C29H37O5P. The standard InChI is InChI=1S/C29H37O5P/c1-5-15-29(31)16-14-26-24-12-8-20-17-21(30)9-13-23(20)27(24)25(18-28(26,29)2)19-6-10-22(11-7-19)35(32,33-3)34-4/h5-7,10-11,17,24-26,31H,1,8-9,12-16,18H2,2-4H3/t24-,25+,26-,28-,29-/m0/s1. The number of benzene rings is 1. The Morgan fingerprint density at radius 2 is 1.86 bits per heavy atom. The lowest BCUT2D eigenvalue weighted by atomic mass is 9.51. The summed E-state index contributed by atoms with van der Waals surface area (Å²) in [6, 6.07) is 7.80. The van der Waals surface area contributed by atoms with E-state index in [2.05, 4.69) is 13.5 Å². The third-order valence-corrected chi connectivity index (χ3v) is 11.5. The molecule has 1 aromatic rings. The smallest absolute Gasteiger partial charge is 0.360 e. The highest BCUT2D eigenvalue weighted by molar-refractivity contribution is 7.62. The Labute approximate surface area is 208 Å². The molecule has 0 spiro atoms. The molecule has 2 saturated carbocycles. The minimum Gasteiger partial charge on any atom is -0.389 e. The van der Waals surface area contributed by atoms with E-state index in [9.17, 15) is 14.5 Å². The molecule has 0 heterocycles. The summed E-state index contributed by atoms with van der Waals surface area (Å²) in [5, 5.41) is 12.4. The summed E-state index contributed by atoms with van der Waals surface area (Å²) in [4.78, 5) is 12.2. The average molecular weight is 497 g/mol. The summed E-state index contributed by atoms with van der Waals surface area (Å²) in [6.45, 7) is 6.24. The van der Waals surface area contributed by atoms with Gasteiger partial charge in [0.15, 0.2) is 5.78 Å². The molecule has 0 unspecified atom stereocenters. The Hall–Kier alpha value is -1.78. The molecule has 4 aliphatic carbocycles. The molecule has 4 aliphatic rings. The van der Waals surface area contributed by atoms with Gasteiger partial charge in [-0.2, -0.15) is 0 Å². The summed E-state index contributed by atoms with van der Waals surface area (Å²) in [5.41, 5.74) is 4.27. The fourth-order valence-corrected chi connectivity index (χ4v) is 8.89. The molecule has 6 heteroatoms. The van der Waals surface area contributed by atoms with Gasteiger partial charge in [0.2, 0.25) is 0 Å². The Kier molecular flexibility index (Phi) is 6.37. The highest BCUT2D eigenvalue weighted by Crippen LogP contribution is 2.67. The predicted molar refractivity (Wildman–Crippen MR) is 138 cm³/mol. The van der Waals surface area contributed by atoms with E-state index in [0.717, 1.165) is 44.1 Å². The van der Waals surface area contributed by atoms with Crippen LogP contribution in [0, 0.1) is 17.3 Å². The van der Waals surface area contributed by atoms with Crippen LogP contribution in [0.3, 0.4) is 0 Å². The first kappa shape index (κ1) is 24.9. The average Bonchev–Trinajstić information content (AvgIpc) is 3.13. The minimum atomic E-state index is -3.32. The van der Waals surface area contributed by atoms with E-state index in [4.69, 9.17) is 9.05 Å². The molecule has 2 fully saturated rings. The van der Waals surface area contributed by atoms with Crippen LogP contribution in [0.25, 0.3) is 0 Å². The summed E-state index contributed by atoms with van der Waals surface area (Å²) >= 11 is 0. The molecule has 5 nitrogen and oxygen atoms in total. The zero-order valence-electron chi connectivity index (χ0n) is 21.1. The van der Waals surface area contributed by atoms with Gasteiger partial charge in [-0.15, -0.1) is 6.58 Å². The number of hydrogen-bond donors (Lipinski definition) is 1. The highest BCUT2D eigenvalue weighted by Gasteiger charge is 2.62. The lowest BCUT2D eigenvalue weighted by molar-refractivity contribution is -0.114. The molecule has 0 aromatic heterocycles.